The molecule has 0 aliphatic carbocycles. The molecule has 0 aromatic rings. The Morgan fingerprint density at radius 1 is 1.42 bits per heavy atom. The molecule has 7 heteroatoms. The Labute approximate surface area is 128 Å². The van der Waals surface area contributed by atoms with Gasteiger partial charge in [-0.05, 0) is 26.8 Å². The standard InChI is InChI=1S/C12H25N3O2.2ClH/c1-12(2)10-17-9-8-15(12)7-6-14-11(16)4-3-5-13;;/h3-10,13H2,1-2H3,(H,14,16);2*1H. The Bertz CT molecular complexity index is 253. The van der Waals surface area contributed by atoms with E-state index in [-0.39, 0.29) is 36.3 Å². The van der Waals surface area contributed by atoms with E-state index in [0.717, 1.165) is 32.7 Å². The number of nitrogens with two attached hydrogens (primary N) is 1. The van der Waals surface area contributed by atoms with Crippen LogP contribution < -0.4 is 11.1 Å². The zero-order valence-electron chi connectivity index (χ0n) is 11.8. The van der Waals surface area contributed by atoms with Crippen LogP contribution in [0.3, 0.4) is 0 Å². The van der Waals surface area contributed by atoms with E-state index in [4.69, 9.17) is 10.5 Å². The molecule has 1 amide bonds. The van der Waals surface area contributed by atoms with E-state index in [1.807, 2.05) is 0 Å². The molecule has 1 heterocycles. The molecule has 19 heavy (non-hydrogen) atoms. The minimum atomic E-state index is 0. The van der Waals surface area contributed by atoms with Gasteiger partial charge in [0.05, 0.1) is 13.2 Å². The molecular weight excluding hydrogens is 289 g/mol. The van der Waals surface area contributed by atoms with Crippen molar-refractivity contribution in [3.8, 4) is 0 Å². The Hall–Kier alpha value is -0.0700. The van der Waals surface area contributed by atoms with Crippen LogP contribution in [-0.2, 0) is 9.53 Å². The van der Waals surface area contributed by atoms with Crippen LogP contribution in [0.5, 0.6) is 0 Å². The van der Waals surface area contributed by atoms with Crippen LogP contribution in [-0.4, -0.2) is 55.7 Å². The highest BCUT2D eigenvalue weighted by molar-refractivity contribution is 5.85. The third-order valence-electron chi connectivity index (χ3n) is 3.13. The van der Waals surface area contributed by atoms with Crippen LogP contribution in [0.1, 0.15) is 26.7 Å². The van der Waals surface area contributed by atoms with Crippen molar-refractivity contribution in [2.75, 3.05) is 39.4 Å². The molecule has 116 valence electrons. The fraction of sp³-hybridized carbons (Fsp3) is 0.917. The van der Waals surface area contributed by atoms with Gasteiger partial charge < -0.3 is 15.8 Å². The van der Waals surface area contributed by atoms with Gasteiger partial charge in [-0.3, -0.25) is 9.69 Å². The first kappa shape index (κ1) is 21.2. The van der Waals surface area contributed by atoms with Crippen molar-refractivity contribution >= 4 is 30.7 Å². The summed E-state index contributed by atoms with van der Waals surface area (Å²) in [5.41, 5.74) is 5.43. The monoisotopic (exact) mass is 315 g/mol. The van der Waals surface area contributed by atoms with Crippen molar-refractivity contribution in [1.29, 1.82) is 0 Å². The number of hydrogen-bond acceptors (Lipinski definition) is 4. The topological polar surface area (TPSA) is 67.6 Å². The van der Waals surface area contributed by atoms with Gasteiger partial charge in [0.25, 0.3) is 0 Å². The fourth-order valence-corrected chi connectivity index (χ4v) is 1.99. The van der Waals surface area contributed by atoms with E-state index >= 15 is 0 Å². The van der Waals surface area contributed by atoms with Crippen LogP contribution in [0.25, 0.3) is 0 Å². The van der Waals surface area contributed by atoms with Gasteiger partial charge in [0.15, 0.2) is 0 Å². The zero-order chi connectivity index (χ0) is 12.7. The molecule has 0 spiro atoms. The van der Waals surface area contributed by atoms with Gasteiger partial charge in [-0.1, -0.05) is 0 Å². The lowest BCUT2D eigenvalue weighted by Crippen LogP contribution is -2.54. The molecule has 1 aliphatic rings. The van der Waals surface area contributed by atoms with Gasteiger partial charge in [0.1, 0.15) is 0 Å². The summed E-state index contributed by atoms with van der Waals surface area (Å²) in [6, 6.07) is 0. The lowest BCUT2D eigenvalue weighted by atomic mass is 10.0. The van der Waals surface area contributed by atoms with E-state index in [1.54, 1.807) is 0 Å². The Kier molecular flexibility index (Phi) is 11.9. The molecular formula is C12H27Cl2N3O2. The molecule has 0 atom stereocenters. The van der Waals surface area contributed by atoms with Gasteiger partial charge >= 0.3 is 0 Å². The minimum absolute atomic E-state index is 0. The van der Waals surface area contributed by atoms with Crippen LogP contribution >= 0.6 is 24.8 Å². The van der Waals surface area contributed by atoms with Crippen molar-refractivity contribution in [2.24, 2.45) is 5.73 Å². The zero-order valence-corrected chi connectivity index (χ0v) is 13.4. The second-order valence-electron chi connectivity index (χ2n) is 5.09. The van der Waals surface area contributed by atoms with Crippen molar-refractivity contribution in [2.45, 2.75) is 32.2 Å². The molecule has 0 aromatic carbocycles. The first-order chi connectivity index (χ1) is 8.06. The first-order valence-corrected chi connectivity index (χ1v) is 6.36. The van der Waals surface area contributed by atoms with E-state index in [2.05, 4.69) is 24.1 Å². The normalized spacial score (nSPS) is 18.1. The predicted octanol–water partition coefficient (Wildman–Crippen LogP) is 0.796. The van der Waals surface area contributed by atoms with Gasteiger partial charge in [-0.2, -0.15) is 0 Å². The van der Waals surface area contributed by atoms with Crippen LogP contribution in [0.15, 0.2) is 0 Å². The lowest BCUT2D eigenvalue weighted by Gasteiger charge is -2.42. The van der Waals surface area contributed by atoms with Crippen LogP contribution in [0.2, 0.25) is 0 Å². The largest absolute Gasteiger partial charge is 0.378 e. The number of morpholine rings is 1. The number of carbonyl (C=O) groups is 1. The molecule has 3 N–H and O–H groups in total. The number of nitrogens with one attached hydrogen (secondary N) is 1. The highest BCUT2D eigenvalue weighted by atomic mass is 35.5. The first-order valence-electron chi connectivity index (χ1n) is 6.36. The number of rotatable bonds is 6. The lowest BCUT2D eigenvalue weighted by molar-refractivity contribution is -0.121. The van der Waals surface area contributed by atoms with Gasteiger partial charge in [-0.15, -0.1) is 24.8 Å². The van der Waals surface area contributed by atoms with Gasteiger partial charge in [0, 0.05) is 31.6 Å². The maximum absolute atomic E-state index is 11.4. The van der Waals surface area contributed by atoms with Crippen LogP contribution in [0, 0.1) is 0 Å². The average molecular weight is 316 g/mol. The molecule has 0 aromatic heterocycles. The maximum atomic E-state index is 11.4. The maximum Gasteiger partial charge on any atom is 0.220 e. The molecule has 1 saturated heterocycles. The summed E-state index contributed by atoms with van der Waals surface area (Å²) >= 11 is 0. The average Bonchev–Trinajstić information content (AvgIpc) is 2.28. The third-order valence-corrected chi connectivity index (χ3v) is 3.13. The summed E-state index contributed by atoms with van der Waals surface area (Å²) in [5, 5.41) is 2.93. The molecule has 1 aliphatic heterocycles. The van der Waals surface area contributed by atoms with E-state index < -0.39 is 0 Å². The number of carbonyl (C=O) groups excluding carboxylic acids is 1. The fourth-order valence-electron chi connectivity index (χ4n) is 1.99. The smallest absolute Gasteiger partial charge is 0.220 e. The number of ether oxygens (including phenoxy) is 1. The quantitative estimate of drug-likeness (QED) is 0.760. The molecule has 1 rings (SSSR count). The Balaban J connectivity index is 0. The predicted molar refractivity (Wildman–Crippen MR) is 82.3 cm³/mol. The Morgan fingerprint density at radius 3 is 2.68 bits per heavy atom. The summed E-state index contributed by atoms with van der Waals surface area (Å²) in [6.07, 6.45) is 1.29. The third kappa shape index (κ3) is 7.95. The molecule has 0 bridgehead atoms. The van der Waals surface area contributed by atoms with Crippen LogP contribution in [0.4, 0.5) is 0 Å². The SMILES string of the molecule is CC1(C)COCCN1CCNC(=O)CCCN.Cl.Cl. The van der Waals surface area contributed by atoms with Gasteiger partial charge in [0.2, 0.25) is 5.91 Å². The minimum Gasteiger partial charge on any atom is -0.378 e. The summed E-state index contributed by atoms with van der Waals surface area (Å²) in [7, 11) is 0. The van der Waals surface area contributed by atoms with Crippen molar-refractivity contribution in [3.05, 3.63) is 0 Å². The van der Waals surface area contributed by atoms with Crippen molar-refractivity contribution < 1.29 is 9.53 Å². The number of amides is 1. The molecule has 5 nitrogen and oxygen atoms in total. The molecule has 1 fully saturated rings. The van der Waals surface area contributed by atoms with E-state index in [9.17, 15) is 4.79 Å². The molecule has 0 saturated carbocycles. The molecule has 0 unspecified atom stereocenters. The number of hydrogen-bond donors (Lipinski definition) is 2. The second kappa shape index (κ2) is 10.7. The summed E-state index contributed by atoms with van der Waals surface area (Å²) in [5.74, 6) is 0.0986. The van der Waals surface area contributed by atoms with E-state index in [0.29, 0.717) is 19.5 Å². The number of nitrogens with zero attached hydrogens (tertiary/aromatic N) is 1. The highest BCUT2D eigenvalue weighted by Gasteiger charge is 2.29. The summed E-state index contributed by atoms with van der Waals surface area (Å²) in [6.45, 7) is 8.97. The summed E-state index contributed by atoms with van der Waals surface area (Å²) in [4.78, 5) is 13.8. The Morgan fingerprint density at radius 2 is 2.11 bits per heavy atom. The van der Waals surface area contributed by atoms with E-state index in [1.165, 1.54) is 0 Å². The molecule has 0 radical (unpaired) electrons. The van der Waals surface area contributed by atoms with Gasteiger partial charge in [-0.25, -0.2) is 0 Å². The number of halogens is 2. The highest BCUT2D eigenvalue weighted by Crippen LogP contribution is 2.17. The summed E-state index contributed by atoms with van der Waals surface area (Å²) < 4.78 is 5.45. The van der Waals surface area contributed by atoms with Crippen molar-refractivity contribution in [1.82, 2.24) is 10.2 Å². The van der Waals surface area contributed by atoms with Crippen molar-refractivity contribution in [3.63, 3.8) is 0 Å². The second-order valence-corrected chi connectivity index (χ2v) is 5.09.